The minimum atomic E-state index is -5.00. The fourth-order valence-electron chi connectivity index (χ4n) is 2.77. The zero-order valence-electron chi connectivity index (χ0n) is 11.0. The molecule has 0 aliphatic heterocycles. The molecule has 124 valence electrons. The number of aromatic nitrogens is 2. The molecule has 0 radical (unpaired) electrons. The summed E-state index contributed by atoms with van der Waals surface area (Å²) in [5.74, 6) is -7.53. The van der Waals surface area contributed by atoms with E-state index in [2.05, 4.69) is 5.10 Å². The van der Waals surface area contributed by atoms with Gasteiger partial charge < -0.3 is 5.11 Å². The Kier molecular flexibility index (Phi) is 3.09. The molecule has 22 heavy (non-hydrogen) atoms. The lowest BCUT2D eigenvalue weighted by atomic mass is 10.1. The van der Waals surface area contributed by atoms with Crippen molar-refractivity contribution in [2.75, 3.05) is 0 Å². The summed E-state index contributed by atoms with van der Waals surface area (Å²) in [6.07, 6.45) is -9.19. The number of fused-ring (bicyclic) bond motifs is 1. The Balaban J connectivity index is 1.91. The first-order valence-electron chi connectivity index (χ1n) is 6.54. The van der Waals surface area contributed by atoms with Crippen molar-refractivity contribution in [3.63, 3.8) is 0 Å². The molecule has 1 aromatic heterocycles. The van der Waals surface area contributed by atoms with Gasteiger partial charge in [-0.15, -0.1) is 0 Å². The van der Waals surface area contributed by atoms with Crippen LogP contribution in [-0.4, -0.2) is 26.7 Å². The monoisotopic (exact) mass is 332 g/mol. The van der Waals surface area contributed by atoms with Crippen LogP contribution in [0.5, 0.6) is 0 Å². The molecule has 1 saturated carbocycles. The van der Waals surface area contributed by atoms with Crippen molar-refractivity contribution in [3.8, 4) is 0 Å². The quantitative estimate of drug-likeness (QED) is 0.864. The molecule has 3 nitrogen and oxygen atoms in total. The summed E-state index contributed by atoms with van der Waals surface area (Å²) in [5, 5.41) is 12.6. The third-order valence-corrected chi connectivity index (χ3v) is 4.09. The van der Waals surface area contributed by atoms with Crippen LogP contribution in [0.2, 0.25) is 0 Å². The predicted molar refractivity (Wildman–Crippen MR) is 58.5 cm³/mol. The highest BCUT2D eigenvalue weighted by Gasteiger charge is 2.57. The second-order valence-corrected chi connectivity index (χ2v) is 5.72. The zero-order valence-corrected chi connectivity index (χ0v) is 11.0. The SMILES string of the molecule is O[C@H]1c2c(C(F)(F)F)nn(CCC3CC3(F)F)c2CC1(F)F. The maximum absolute atomic E-state index is 13.5. The summed E-state index contributed by atoms with van der Waals surface area (Å²) in [6, 6.07) is 0. The molecule has 0 spiro atoms. The molecule has 1 aromatic rings. The average Bonchev–Trinajstić information content (AvgIpc) is 2.70. The number of aliphatic hydroxyl groups is 1. The van der Waals surface area contributed by atoms with Crippen molar-refractivity contribution in [3.05, 3.63) is 17.0 Å². The fourth-order valence-corrected chi connectivity index (χ4v) is 2.77. The summed E-state index contributed by atoms with van der Waals surface area (Å²) in [7, 11) is 0. The molecule has 10 heteroatoms. The van der Waals surface area contributed by atoms with Crippen LogP contribution in [0, 0.1) is 5.92 Å². The summed E-state index contributed by atoms with van der Waals surface area (Å²) in [4.78, 5) is 0. The highest BCUT2D eigenvalue weighted by atomic mass is 19.4. The van der Waals surface area contributed by atoms with Gasteiger partial charge in [-0.3, -0.25) is 4.68 Å². The van der Waals surface area contributed by atoms with Crippen LogP contribution >= 0.6 is 0 Å². The van der Waals surface area contributed by atoms with Crippen molar-refractivity contribution in [2.45, 2.75) is 49.9 Å². The van der Waals surface area contributed by atoms with Gasteiger partial charge in [-0.05, 0) is 6.42 Å². The summed E-state index contributed by atoms with van der Waals surface area (Å²) >= 11 is 0. The second-order valence-electron chi connectivity index (χ2n) is 5.72. The molecule has 0 bridgehead atoms. The average molecular weight is 332 g/mol. The van der Waals surface area contributed by atoms with Crippen LogP contribution < -0.4 is 0 Å². The third-order valence-electron chi connectivity index (χ3n) is 4.09. The molecule has 0 amide bonds. The van der Waals surface area contributed by atoms with Crippen LogP contribution in [0.15, 0.2) is 0 Å². The third kappa shape index (κ3) is 2.37. The number of rotatable bonds is 3. The van der Waals surface area contributed by atoms with Crippen LogP contribution in [0.3, 0.4) is 0 Å². The Bertz CT molecular complexity index is 607. The van der Waals surface area contributed by atoms with E-state index in [4.69, 9.17) is 0 Å². The van der Waals surface area contributed by atoms with E-state index in [-0.39, 0.29) is 19.4 Å². The predicted octanol–water partition coefficient (Wildman–Crippen LogP) is 3.17. The molecule has 2 aliphatic carbocycles. The largest absolute Gasteiger partial charge is 0.435 e. The van der Waals surface area contributed by atoms with Crippen LogP contribution in [-0.2, 0) is 19.1 Å². The molecule has 0 aromatic carbocycles. The minimum absolute atomic E-state index is 0.153. The lowest BCUT2D eigenvalue weighted by molar-refractivity contribution is -0.146. The summed E-state index contributed by atoms with van der Waals surface area (Å²) < 4.78 is 91.8. The van der Waals surface area contributed by atoms with Gasteiger partial charge in [0.15, 0.2) is 5.69 Å². The highest BCUT2D eigenvalue weighted by Crippen LogP contribution is 2.52. The van der Waals surface area contributed by atoms with E-state index >= 15 is 0 Å². The first-order valence-corrected chi connectivity index (χ1v) is 6.54. The molecule has 2 atom stereocenters. The van der Waals surface area contributed by atoms with E-state index in [1.165, 1.54) is 0 Å². The Hall–Kier alpha value is -1.32. The number of alkyl halides is 7. The maximum Gasteiger partial charge on any atom is 0.435 e. The number of nitrogens with zero attached hydrogens (tertiary/aromatic N) is 2. The number of halogens is 7. The van der Waals surface area contributed by atoms with Crippen molar-refractivity contribution in [1.82, 2.24) is 9.78 Å². The molecule has 1 N–H and O–H groups in total. The Morgan fingerprint density at radius 2 is 1.77 bits per heavy atom. The summed E-state index contributed by atoms with van der Waals surface area (Å²) in [6.45, 7) is -0.318. The molecule has 0 saturated heterocycles. The number of hydrogen-bond acceptors (Lipinski definition) is 2. The summed E-state index contributed by atoms with van der Waals surface area (Å²) in [5.41, 5.74) is -2.96. The van der Waals surface area contributed by atoms with Crippen molar-refractivity contribution < 1.29 is 35.8 Å². The van der Waals surface area contributed by atoms with Gasteiger partial charge in [-0.1, -0.05) is 0 Å². The smallest absolute Gasteiger partial charge is 0.382 e. The fraction of sp³-hybridized carbons (Fsp3) is 0.750. The van der Waals surface area contributed by atoms with Gasteiger partial charge in [0.25, 0.3) is 11.8 Å². The van der Waals surface area contributed by atoms with Gasteiger partial charge in [0.2, 0.25) is 0 Å². The highest BCUT2D eigenvalue weighted by molar-refractivity contribution is 5.38. The molecular formula is C12H11F7N2O. The van der Waals surface area contributed by atoms with E-state index in [0.29, 0.717) is 4.68 Å². The van der Waals surface area contributed by atoms with Crippen LogP contribution in [0.1, 0.15) is 35.9 Å². The Morgan fingerprint density at radius 1 is 1.18 bits per heavy atom. The molecular weight excluding hydrogens is 321 g/mol. The first-order chi connectivity index (χ1) is 9.93. The van der Waals surface area contributed by atoms with Gasteiger partial charge in [-0.25, -0.2) is 17.6 Å². The normalized spacial score (nSPS) is 28.7. The molecule has 3 rings (SSSR count). The van der Waals surface area contributed by atoms with Crippen LogP contribution in [0.25, 0.3) is 0 Å². The van der Waals surface area contributed by atoms with Crippen molar-refractivity contribution >= 4 is 0 Å². The van der Waals surface area contributed by atoms with Crippen LogP contribution in [0.4, 0.5) is 30.7 Å². The molecule has 1 unspecified atom stereocenters. The minimum Gasteiger partial charge on any atom is -0.382 e. The second kappa shape index (κ2) is 4.36. The van der Waals surface area contributed by atoms with Gasteiger partial charge in [-0.2, -0.15) is 18.3 Å². The standard InChI is InChI=1S/C12H11F7N2O/c13-10(14)3-5(10)1-2-21-6-4-11(15,16)9(22)7(6)8(20-21)12(17,18)19/h5,9,22H,1-4H2/t5?,9-/m0/s1. The van der Waals surface area contributed by atoms with Gasteiger partial charge in [0, 0.05) is 24.4 Å². The van der Waals surface area contributed by atoms with E-state index < -0.39 is 53.4 Å². The van der Waals surface area contributed by atoms with E-state index in [1.807, 2.05) is 0 Å². The van der Waals surface area contributed by atoms with Crippen molar-refractivity contribution in [2.24, 2.45) is 5.92 Å². The zero-order chi connectivity index (χ0) is 16.5. The first kappa shape index (κ1) is 15.6. The number of hydrogen-bond donors (Lipinski definition) is 1. The van der Waals surface area contributed by atoms with E-state index in [0.717, 1.165) is 0 Å². The molecule has 1 fully saturated rings. The molecule has 1 heterocycles. The topological polar surface area (TPSA) is 38.1 Å². The Morgan fingerprint density at radius 3 is 2.27 bits per heavy atom. The van der Waals surface area contributed by atoms with E-state index in [9.17, 15) is 35.8 Å². The van der Waals surface area contributed by atoms with Gasteiger partial charge in [0.1, 0.15) is 6.10 Å². The number of aryl methyl sites for hydroxylation is 1. The van der Waals surface area contributed by atoms with E-state index in [1.54, 1.807) is 0 Å². The lowest BCUT2D eigenvalue weighted by Gasteiger charge is -2.15. The number of aliphatic hydroxyl groups excluding tert-OH is 1. The Labute approximate surface area is 119 Å². The maximum atomic E-state index is 13.5. The van der Waals surface area contributed by atoms with Gasteiger partial charge in [0.05, 0.1) is 12.1 Å². The van der Waals surface area contributed by atoms with Crippen molar-refractivity contribution in [1.29, 1.82) is 0 Å². The van der Waals surface area contributed by atoms with Gasteiger partial charge >= 0.3 is 6.18 Å². The lowest BCUT2D eigenvalue weighted by Crippen LogP contribution is -2.25. The molecule has 2 aliphatic rings.